The number of hydrogen-bond donors (Lipinski definition) is 7. The summed E-state index contributed by atoms with van der Waals surface area (Å²) in [6.45, 7) is 0. The number of anilines is 10. The Morgan fingerprint density at radius 1 is 0.377 bits per heavy atom. The summed E-state index contributed by atoms with van der Waals surface area (Å²) >= 11 is 0. The number of para-hydroxylation sites is 1. The molecule has 2 aliphatic rings. The van der Waals surface area contributed by atoms with Crippen molar-refractivity contribution < 1.29 is 18.1 Å². The second-order valence-corrected chi connectivity index (χ2v) is 17.1. The van der Waals surface area contributed by atoms with Crippen LogP contribution in [0, 0.1) is 0 Å². The fourth-order valence-electron chi connectivity index (χ4n) is 7.17. The minimum absolute atomic E-state index is 0.00411. The molecule has 0 saturated heterocycles. The summed E-state index contributed by atoms with van der Waals surface area (Å²) in [6, 6.07) is 50.2. The van der Waals surface area contributed by atoms with E-state index in [9.17, 15) is 18.1 Å². The first-order chi connectivity index (χ1) is 33.6. The van der Waals surface area contributed by atoms with Crippen LogP contribution in [-0.2, 0) is 10.1 Å². The average molecular weight is 928 g/mol. The molecule has 0 atom stereocenters. The number of allylic oxidation sites excluding steroid dienone is 8. The Kier molecular flexibility index (Phi) is 13.5. The molecule has 69 heavy (non-hydrogen) atoms. The van der Waals surface area contributed by atoms with E-state index >= 15 is 0 Å². The number of nitrogens with zero attached hydrogens (tertiary/aromatic N) is 4. The average Bonchev–Trinajstić information content (AvgIpc) is 3.36. The van der Waals surface area contributed by atoms with Crippen molar-refractivity contribution in [3.8, 4) is 5.75 Å². The number of phenolic OH excluding ortho intramolecular Hbond substituents is 1. The van der Waals surface area contributed by atoms with Gasteiger partial charge in [0, 0.05) is 58.6 Å². The van der Waals surface area contributed by atoms with Crippen LogP contribution in [0.3, 0.4) is 0 Å². The normalized spacial score (nSPS) is 12.9. The molecule has 0 amide bonds. The molecule has 13 nitrogen and oxygen atoms in total. The molecule has 0 heterocycles. The van der Waals surface area contributed by atoms with Gasteiger partial charge in [-0.25, -0.2) is 15.0 Å². The van der Waals surface area contributed by atoms with Gasteiger partial charge in [0.15, 0.2) is 0 Å². The molecule has 0 bridgehead atoms. The van der Waals surface area contributed by atoms with Crippen LogP contribution in [0.2, 0.25) is 0 Å². The van der Waals surface area contributed by atoms with Crippen LogP contribution in [0.1, 0.15) is 0 Å². The number of phenols is 1. The minimum Gasteiger partial charge on any atom is -0.506 e. The summed E-state index contributed by atoms with van der Waals surface area (Å²) in [6.07, 6.45) is 15.4. The lowest BCUT2D eigenvalue weighted by molar-refractivity contribution is 0.475. The Balaban J connectivity index is 0.776. The van der Waals surface area contributed by atoms with Gasteiger partial charge in [-0.2, -0.15) is 8.42 Å². The van der Waals surface area contributed by atoms with Gasteiger partial charge in [0.2, 0.25) is 0 Å². The number of aliphatic imine (C=N–C) groups is 4. The van der Waals surface area contributed by atoms with Crippen LogP contribution < -0.4 is 26.6 Å². The smallest absolute Gasteiger partial charge is 0.296 e. The molecular formula is C55H45N9O4S. The molecule has 7 aromatic rings. The summed E-state index contributed by atoms with van der Waals surface area (Å²) in [5.74, 6) is -0.232. The van der Waals surface area contributed by atoms with E-state index in [0.717, 1.165) is 74.0 Å². The molecule has 0 fully saturated rings. The summed E-state index contributed by atoms with van der Waals surface area (Å²) in [5.41, 5.74) is 12.3. The standard InChI is InChI=1S/C55H45N9O4S/c1-56-37-7-9-39(10-8-37)58-41-15-17-46(18-16-41)61-48-27-31-50(32-28-48)63-52-36-55(69(66,67)68)53(35-54(52)65)64-51-33-29-49(30-34-51)62-47-25-23-45(24-26-47)60-44-21-19-43(20-22-44)59-42-13-11-40(12-14-42)57-38-5-3-2-4-6-38/h2-36,57,61-65H,1H3,(H,66,67,68). The molecule has 7 N–H and O–H groups in total. The van der Waals surface area contributed by atoms with Gasteiger partial charge in [-0.1, -0.05) is 18.2 Å². The number of aromatic hydroxyl groups is 1. The van der Waals surface area contributed by atoms with Crippen molar-refractivity contribution in [1.29, 1.82) is 0 Å². The molecule has 2 aliphatic carbocycles. The highest BCUT2D eigenvalue weighted by molar-refractivity contribution is 7.86. The van der Waals surface area contributed by atoms with E-state index in [1.165, 1.54) is 12.1 Å². The van der Waals surface area contributed by atoms with E-state index in [4.69, 9.17) is 9.98 Å². The van der Waals surface area contributed by atoms with Crippen molar-refractivity contribution >= 4 is 107 Å². The van der Waals surface area contributed by atoms with Crippen LogP contribution in [0.4, 0.5) is 73.9 Å². The van der Waals surface area contributed by atoms with Crippen LogP contribution >= 0.6 is 0 Å². The lowest BCUT2D eigenvalue weighted by atomic mass is 10.1. The fraction of sp³-hybridized carbons (Fsp3) is 0.0182. The third-order valence-electron chi connectivity index (χ3n) is 10.7. The number of rotatable bonds is 14. The first kappa shape index (κ1) is 45.1. The monoisotopic (exact) mass is 927 g/mol. The molecular weight excluding hydrogens is 883 g/mol. The SMILES string of the molecule is CN=C1C=CC(=Nc2ccc(Nc3ccc(Nc4cc(S(=O)(=O)O)c(Nc5ccc(Nc6ccc(N=C7C=CC(=Nc8ccc(Nc9ccccc9)cc8)C=C7)cc6)cc5)cc4O)cc3)cc2)C=C1. The Morgan fingerprint density at radius 3 is 1.03 bits per heavy atom. The van der Waals surface area contributed by atoms with Crippen molar-refractivity contribution in [2.24, 2.45) is 20.0 Å². The Bertz CT molecular complexity index is 3310. The minimum atomic E-state index is -4.71. The second-order valence-electron chi connectivity index (χ2n) is 15.7. The molecule has 0 aromatic heterocycles. The molecule has 9 rings (SSSR count). The van der Waals surface area contributed by atoms with Crippen LogP contribution in [0.25, 0.3) is 0 Å². The van der Waals surface area contributed by atoms with Crippen LogP contribution in [-0.4, -0.2) is 48.0 Å². The molecule has 0 spiro atoms. The zero-order valence-corrected chi connectivity index (χ0v) is 37.9. The largest absolute Gasteiger partial charge is 0.506 e. The lowest BCUT2D eigenvalue weighted by Gasteiger charge is -2.16. The quantitative estimate of drug-likeness (QED) is 0.0317. The van der Waals surface area contributed by atoms with Gasteiger partial charge in [0.05, 0.1) is 51.3 Å². The summed E-state index contributed by atoms with van der Waals surface area (Å²) < 4.78 is 35.4. The highest BCUT2D eigenvalue weighted by Crippen LogP contribution is 2.37. The van der Waals surface area contributed by atoms with Gasteiger partial charge in [-0.3, -0.25) is 9.55 Å². The zero-order valence-electron chi connectivity index (χ0n) is 37.1. The third kappa shape index (κ3) is 12.2. The van der Waals surface area contributed by atoms with Crippen molar-refractivity contribution in [2.45, 2.75) is 4.90 Å². The molecule has 14 heteroatoms. The summed E-state index contributed by atoms with van der Waals surface area (Å²) in [5, 5.41) is 27.1. The molecule has 0 aliphatic heterocycles. The fourth-order valence-corrected chi connectivity index (χ4v) is 7.82. The Labute approximate surface area is 400 Å². The molecule has 0 radical (unpaired) electrons. The van der Waals surface area contributed by atoms with Crippen LogP contribution in [0.15, 0.2) is 237 Å². The third-order valence-corrected chi connectivity index (χ3v) is 11.6. The van der Waals surface area contributed by atoms with E-state index in [2.05, 4.69) is 36.6 Å². The van der Waals surface area contributed by atoms with E-state index in [-0.39, 0.29) is 17.1 Å². The predicted octanol–water partition coefficient (Wildman–Crippen LogP) is 13.6. The highest BCUT2D eigenvalue weighted by Gasteiger charge is 2.20. The van der Waals surface area contributed by atoms with E-state index in [1.807, 2.05) is 176 Å². The zero-order chi connectivity index (χ0) is 47.6. The number of benzene rings is 7. The highest BCUT2D eigenvalue weighted by atomic mass is 32.2. The van der Waals surface area contributed by atoms with Gasteiger partial charge in [0.25, 0.3) is 10.1 Å². The summed E-state index contributed by atoms with van der Waals surface area (Å²) in [4.78, 5) is 17.9. The van der Waals surface area contributed by atoms with Crippen LogP contribution in [0.5, 0.6) is 5.75 Å². The van der Waals surface area contributed by atoms with Gasteiger partial charge in [0.1, 0.15) is 10.6 Å². The molecule has 7 aromatic carbocycles. The van der Waals surface area contributed by atoms with E-state index in [1.54, 1.807) is 31.3 Å². The van der Waals surface area contributed by atoms with E-state index < -0.39 is 15.0 Å². The topological polar surface area (TPSA) is 184 Å². The maximum Gasteiger partial charge on any atom is 0.296 e. The number of hydrogen-bond acceptors (Lipinski definition) is 12. The van der Waals surface area contributed by atoms with Gasteiger partial charge in [-0.05, 0) is 188 Å². The van der Waals surface area contributed by atoms with Crippen molar-refractivity contribution in [3.05, 3.63) is 212 Å². The second kappa shape index (κ2) is 20.6. The van der Waals surface area contributed by atoms with Crippen molar-refractivity contribution in [3.63, 3.8) is 0 Å². The first-order valence-corrected chi connectivity index (χ1v) is 23.2. The first-order valence-electron chi connectivity index (χ1n) is 21.8. The predicted molar refractivity (Wildman–Crippen MR) is 284 cm³/mol. The van der Waals surface area contributed by atoms with Gasteiger partial charge in [-0.15, -0.1) is 0 Å². The Hall–Kier alpha value is -9.11. The maximum atomic E-state index is 12.6. The summed E-state index contributed by atoms with van der Waals surface area (Å²) in [7, 11) is -2.96. The maximum absolute atomic E-state index is 12.6. The van der Waals surface area contributed by atoms with Gasteiger partial charge >= 0.3 is 0 Å². The molecule has 0 saturated carbocycles. The van der Waals surface area contributed by atoms with Crippen molar-refractivity contribution in [1.82, 2.24) is 0 Å². The molecule has 340 valence electrons. The molecule has 0 unspecified atom stereocenters. The van der Waals surface area contributed by atoms with E-state index in [0.29, 0.717) is 11.4 Å². The van der Waals surface area contributed by atoms with Crippen molar-refractivity contribution in [2.75, 3.05) is 33.6 Å². The lowest BCUT2D eigenvalue weighted by Crippen LogP contribution is -2.05. The Morgan fingerprint density at radius 2 is 0.681 bits per heavy atom. The number of nitrogens with one attached hydrogen (secondary N) is 5. The van der Waals surface area contributed by atoms with Gasteiger partial charge < -0.3 is 31.7 Å².